The summed E-state index contributed by atoms with van der Waals surface area (Å²) in [5, 5.41) is 21.8. The first-order valence-electron chi connectivity index (χ1n) is 34.9. The molecule has 8 heterocycles. The molecule has 2 aromatic rings. The third-order valence-electron chi connectivity index (χ3n) is 19.5. The highest BCUT2D eigenvalue weighted by molar-refractivity contribution is 5.75. The first-order valence-corrected chi connectivity index (χ1v) is 34.9. The van der Waals surface area contributed by atoms with Crippen molar-refractivity contribution in [3.8, 4) is 0 Å². The minimum absolute atomic E-state index is 0.0459. The fourth-order valence-electron chi connectivity index (χ4n) is 16.9. The lowest BCUT2D eigenvalue weighted by Gasteiger charge is -2.50. The van der Waals surface area contributed by atoms with Crippen LogP contribution in [0.1, 0.15) is 218 Å². The molecule has 0 aliphatic carbocycles. The van der Waals surface area contributed by atoms with Gasteiger partial charge in [-0.15, -0.1) is 0 Å². The average Bonchev–Trinajstić information content (AvgIpc) is 0.796. The number of nitrogens with one attached hydrogen (secondary N) is 6. The topological polar surface area (TPSA) is 252 Å². The first-order chi connectivity index (χ1) is 42.9. The summed E-state index contributed by atoms with van der Waals surface area (Å²) in [7, 11) is 0. The Morgan fingerprint density at radius 3 is 0.828 bits per heavy atom. The minimum Gasteiger partial charge on any atom is -0.464 e. The van der Waals surface area contributed by atoms with Crippen LogP contribution in [0.25, 0.3) is 0 Å². The van der Waals surface area contributed by atoms with Crippen LogP contribution in [0, 0.1) is 16.2 Å². The van der Waals surface area contributed by atoms with Crippen molar-refractivity contribution in [3.63, 3.8) is 0 Å². The van der Waals surface area contributed by atoms with Crippen molar-refractivity contribution >= 4 is 47.6 Å². The SMILES string of the molecule is CCN(c1nc(NCC(=O)OCC(C)(C)C2OCC3(CO2)COC(C(C)(C)COC(=O)CNc2nc(N(CC)C4CC(C)(C)NC(C)(C)C4)nc(N(CC)C4CC(C)(C)NC(C)(C)C4)n2)OC3)nc(N(CC)C2CC(C)(C)NC(C)(C)C2)n1)C1CC(C)(C)NC(C)(C)C1. The highest BCUT2D eigenvalue weighted by Crippen LogP contribution is 2.42. The molecule has 6 aliphatic rings. The summed E-state index contributed by atoms with van der Waals surface area (Å²) in [5.41, 5.74) is -2.70. The molecule has 0 atom stereocenters. The van der Waals surface area contributed by atoms with Crippen molar-refractivity contribution in [1.29, 1.82) is 0 Å². The van der Waals surface area contributed by atoms with Crippen molar-refractivity contribution in [2.24, 2.45) is 16.2 Å². The third-order valence-corrected chi connectivity index (χ3v) is 19.5. The molecule has 8 rings (SSSR count). The van der Waals surface area contributed by atoms with Gasteiger partial charge in [-0.2, -0.15) is 29.9 Å². The molecule has 24 nitrogen and oxygen atoms in total. The van der Waals surface area contributed by atoms with Crippen LogP contribution in [0.4, 0.5) is 35.7 Å². The molecule has 0 unspecified atom stereocenters. The maximum atomic E-state index is 13.7. The Morgan fingerprint density at radius 2 is 0.624 bits per heavy atom. The lowest BCUT2D eigenvalue weighted by molar-refractivity contribution is -0.337. The highest BCUT2D eigenvalue weighted by Gasteiger charge is 2.50. The van der Waals surface area contributed by atoms with Crippen LogP contribution in [-0.4, -0.2) is 202 Å². The van der Waals surface area contributed by atoms with E-state index in [2.05, 4.69) is 190 Å². The Balaban J connectivity index is 0.846. The van der Waals surface area contributed by atoms with Crippen molar-refractivity contribution < 1.29 is 38.0 Å². The Kier molecular flexibility index (Phi) is 22.2. The summed E-state index contributed by atoms with van der Waals surface area (Å²) in [6, 6.07) is 0.706. The molecule has 6 aliphatic heterocycles. The summed E-state index contributed by atoms with van der Waals surface area (Å²) in [6.07, 6.45) is 6.00. The zero-order valence-corrected chi connectivity index (χ0v) is 61.8. The van der Waals surface area contributed by atoms with Gasteiger partial charge in [-0.1, -0.05) is 27.7 Å². The maximum absolute atomic E-state index is 13.7. The van der Waals surface area contributed by atoms with Crippen LogP contribution in [0.15, 0.2) is 0 Å². The van der Waals surface area contributed by atoms with Gasteiger partial charge in [0, 0.05) is 105 Å². The smallest absolute Gasteiger partial charge is 0.325 e. The van der Waals surface area contributed by atoms with E-state index in [1.807, 2.05) is 27.7 Å². The van der Waals surface area contributed by atoms with Crippen molar-refractivity contribution in [2.75, 3.05) is 109 Å². The van der Waals surface area contributed by atoms with Gasteiger partial charge in [-0.3, -0.25) is 9.59 Å². The lowest BCUT2D eigenvalue weighted by atomic mass is 9.79. The number of ether oxygens (including phenoxy) is 6. The second-order valence-electron chi connectivity index (χ2n) is 34.9. The summed E-state index contributed by atoms with van der Waals surface area (Å²) >= 11 is 0. The fourth-order valence-corrected chi connectivity index (χ4v) is 16.9. The Hall–Kier alpha value is -4.56. The monoisotopic (exact) mass is 1300 g/mol. The van der Waals surface area contributed by atoms with Gasteiger partial charge >= 0.3 is 11.9 Å². The highest BCUT2D eigenvalue weighted by atomic mass is 16.7. The molecule has 528 valence electrons. The first kappa shape index (κ1) is 74.2. The van der Waals surface area contributed by atoms with Gasteiger partial charge in [-0.25, -0.2) is 0 Å². The zero-order chi connectivity index (χ0) is 68.8. The van der Waals surface area contributed by atoms with Crippen LogP contribution in [-0.2, 0) is 38.0 Å². The van der Waals surface area contributed by atoms with Gasteiger partial charge in [0.2, 0.25) is 35.7 Å². The van der Waals surface area contributed by atoms with E-state index >= 15 is 0 Å². The predicted octanol–water partition coefficient (Wildman–Crippen LogP) is 8.99. The molecule has 1 spiro atoms. The van der Waals surface area contributed by atoms with Gasteiger partial charge in [0.05, 0.1) is 31.8 Å². The number of carbonyl (C=O) groups excluding carboxylic acids is 2. The number of hydrogen-bond acceptors (Lipinski definition) is 24. The van der Waals surface area contributed by atoms with Crippen molar-refractivity contribution in [1.82, 2.24) is 51.2 Å². The molecule has 0 bridgehead atoms. The number of nitrogens with zero attached hydrogens (tertiary/aromatic N) is 10. The number of carbonyl (C=O) groups is 2. The quantitative estimate of drug-likeness (QED) is 0.0536. The van der Waals surface area contributed by atoms with Gasteiger partial charge in [0.1, 0.15) is 26.3 Å². The number of rotatable bonds is 24. The summed E-state index contributed by atoms with van der Waals surface area (Å²) in [4.78, 5) is 67.2. The third kappa shape index (κ3) is 19.4. The maximum Gasteiger partial charge on any atom is 0.325 e. The van der Waals surface area contributed by atoms with E-state index in [1.165, 1.54) is 0 Å². The molecular formula is C69H124N16O8. The van der Waals surface area contributed by atoms with Crippen molar-refractivity contribution in [2.45, 2.75) is 299 Å². The molecule has 0 amide bonds. The van der Waals surface area contributed by atoms with E-state index in [0.717, 1.165) is 51.4 Å². The second kappa shape index (κ2) is 27.7. The number of piperidine rings is 4. The summed E-state index contributed by atoms with van der Waals surface area (Å²) < 4.78 is 37.6. The summed E-state index contributed by atoms with van der Waals surface area (Å²) in [5.74, 6) is 2.09. The molecule has 0 aromatic carbocycles. The predicted molar refractivity (Wildman–Crippen MR) is 369 cm³/mol. The van der Waals surface area contributed by atoms with E-state index < -0.39 is 40.8 Å². The van der Waals surface area contributed by atoms with Crippen LogP contribution < -0.4 is 51.5 Å². The van der Waals surface area contributed by atoms with Gasteiger partial charge in [-0.05, 0) is 190 Å². The van der Waals surface area contributed by atoms with E-state index in [9.17, 15) is 9.59 Å². The van der Waals surface area contributed by atoms with E-state index in [4.69, 9.17) is 58.3 Å². The molecule has 0 saturated carbocycles. The Morgan fingerprint density at radius 1 is 0.409 bits per heavy atom. The molecule has 6 saturated heterocycles. The molecule has 93 heavy (non-hydrogen) atoms. The van der Waals surface area contributed by atoms with Crippen LogP contribution in [0.2, 0.25) is 0 Å². The standard InChI is InChI=1S/C69H124N16O8/c1-25-82(45-29-61(9,10)78-62(11,12)30-45)55-72-53(73-56(76-55)83(26-2)46-31-63(13,14)79-64(15,16)32-46)70-37-49(86)88-39-59(5,6)51-90-41-69(42-91-51)43-92-52(93-44-69)60(7,8)40-89-50(87)38-71-54-74-57(84(27-3)47-33-65(17,18)80-66(19,20)34-47)77-58(75-54)85(28-4)48-35-67(21,22)81-68(23,24)36-48/h45-48,51-52,78-81H,25-44H2,1-24H3,(H,70,72,73,76)(H,71,74,75,77). The van der Waals surface area contributed by atoms with E-state index in [0.29, 0.717) is 88.3 Å². The summed E-state index contributed by atoms with van der Waals surface area (Å²) in [6.45, 7) is 56.4. The molecule has 6 N–H and O–H groups in total. The van der Waals surface area contributed by atoms with Crippen LogP contribution >= 0.6 is 0 Å². The second-order valence-corrected chi connectivity index (χ2v) is 34.9. The Bertz CT molecular complexity index is 2480. The number of anilines is 6. The molecule has 24 heteroatoms. The van der Waals surface area contributed by atoms with Gasteiger partial charge in [0.15, 0.2) is 12.6 Å². The molecule has 0 radical (unpaired) electrons. The number of hydrogen-bond donors (Lipinski definition) is 6. The van der Waals surface area contributed by atoms with Gasteiger partial charge in [0.25, 0.3) is 0 Å². The number of aromatic nitrogens is 6. The van der Waals surface area contributed by atoms with E-state index in [1.54, 1.807) is 0 Å². The largest absolute Gasteiger partial charge is 0.464 e. The van der Waals surface area contributed by atoms with Crippen molar-refractivity contribution in [3.05, 3.63) is 0 Å². The minimum atomic E-state index is -0.705. The average molecular weight is 1310 g/mol. The van der Waals surface area contributed by atoms with Gasteiger partial charge < -0.3 is 79.9 Å². The van der Waals surface area contributed by atoms with E-state index in [-0.39, 0.29) is 94.8 Å². The van der Waals surface area contributed by atoms with Crippen LogP contribution in [0.3, 0.4) is 0 Å². The lowest BCUT2D eigenvalue weighted by Crippen LogP contribution is -2.62. The normalized spacial score (nSPS) is 26.2. The zero-order valence-electron chi connectivity index (χ0n) is 61.8. The molecule has 6 fully saturated rings. The number of esters is 2. The molecule has 2 aromatic heterocycles. The fraction of sp³-hybridized carbons (Fsp3) is 0.884. The molecular weight excluding hydrogens is 1180 g/mol. The van der Waals surface area contributed by atoms with Crippen LogP contribution in [0.5, 0.6) is 0 Å². The Labute approximate surface area is 558 Å².